The summed E-state index contributed by atoms with van der Waals surface area (Å²) in [5.41, 5.74) is 10.7. The zero-order valence-electron chi connectivity index (χ0n) is 16.9. The number of aryl methyl sites for hydroxylation is 4. The molecule has 0 saturated heterocycles. The Morgan fingerprint density at radius 3 is 2.15 bits per heavy atom. The van der Waals surface area contributed by atoms with Gasteiger partial charge in [0.05, 0.1) is 0 Å². The second-order valence-electron chi connectivity index (χ2n) is 7.93. The van der Waals surface area contributed by atoms with Crippen LogP contribution in [0.2, 0.25) is 0 Å². The van der Waals surface area contributed by atoms with E-state index in [9.17, 15) is 0 Å². The zero-order valence-corrected chi connectivity index (χ0v) is 16.9. The van der Waals surface area contributed by atoms with E-state index in [1.165, 1.54) is 44.6 Å². The van der Waals surface area contributed by atoms with Crippen molar-refractivity contribution in [3.8, 4) is 22.4 Å². The third kappa shape index (κ3) is 3.72. The molecule has 3 rings (SSSR count). The van der Waals surface area contributed by atoms with Gasteiger partial charge in [-0.15, -0.1) is 0 Å². The van der Waals surface area contributed by atoms with E-state index in [4.69, 9.17) is 0 Å². The largest absolute Gasteiger partial charge is 0.212 e. The molecule has 1 heteroatoms. The predicted octanol–water partition coefficient (Wildman–Crippen LogP) is 5.97. The van der Waals surface area contributed by atoms with Gasteiger partial charge < -0.3 is 0 Å². The van der Waals surface area contributed by atoms with Crippen LogP contribution in [0.25, 0.3) is 22.4 Å². The van der Waals surface area contributed by atoms with Crippen LogP contribution in [0.5, 0.6) is 0 Å². The Bertz CT molecular complexity index is 935. The van der Waals surface area contributed by atoms with Crippen molar-refractivity contribution in [3.63, 3.8) is 0 Å². The van der Waals surface area contributed by atoms with Crippen LogP contribution < -0.4 is 4.57 Å². The smallest absolute Gasteiger partial charge is 0.201 e. The molecule has 1 heterocycles. The van der Waals surface area contributed by atoms with Gasteiger partial charge in [-0.2, -0.15) is 0 Å². The van der Waals surface area contributed by atoms with E-state index in [0.717, 1.165) is 6.42 Å². The third-order valence-electron chi connectivity index (χ3n) is 5.14. The van der Waals surface area contributed by atoms with Crippen LogP contribution in [0.3, 0.4) is 0 Å². The summed E-state index contributed by atoms with van der Waals surface area (Å²) in [6.45, 7) is 11.2. The number of nitrogens with zero attached hydrogens (tertiary/aromatic N) is 1. The van der Waals surface area contributed by atoms with E-state index in [2.05, 4.69) is 101 Å². The summed E-state index contributed by atoms with van der Waals surface area (Å²) in [6, 6.07) is 18.0. The first-order chi connectivity index (χ1) is 12.4. The summed E-state index contributed by atoms with van der Waals surface area (Å²) in [6.07, 6.45) is 3.31. The van der Waals surface area contributed by atoms with Gasteiger partial charge in [-0.3, -0.25) is 0 Å². The maximum Gasteiger partial charge on any atom is 0.212 e. The lowest BCUT2D eigenvalue weighted by atomic mass is 9.91. The van der Waals surface area contributed by atoms with Gasteiger partial charge in [-0.05, 0) is 72.6 Å². The van der Waals surface area contributed by atoms with Crippen molar-refractivity contribution in [2.75, 3.05) is 0 Å². The molecule has 1 nitrogen and oxygen atoms in total. The minimum Gasteiger partial charge on any atom is -0.201 e. The Kier molecular flexibility index (Phi) is 5.27. The standard InChI is InChI=1S/C25H30N/c1-17(2)13-21-11-12-26(6)25(15-21)24-16-23(19(4)14-20(24)5)22-10-8-7-9-18(22)3/h7-12,14-17H,13H2,1-6H3/q+1. The Morgan fingerprint density at radius 1 is 0.769 bits per heavy atom. The van der Waals surface area contributed by atoms with Crippen molar-refractivity contribution in [1.82, 2.24) is 0 Å². The molecule has 3 aromatic rings. The second-order valence-corrected chi connectivity index (χ2v) is 7.93. The van der Waals surface area contributed by atoms with Crippen LogP contribution in [-0.2, 0) is 13.5 Å². The molecule has 0 radical (unpaired) electrons. The highest BCUT2D eigenvalue weighted by molar-refractivity contribution is 5.77. The molecule has 0 unspecified atom stereocenters. The molecule has 0 spiro atoms. The summed E-state index contributed by atoms with van der Waals surface area (Å²) in [5.74, 6) is 0.664. The van der Waals surface area contributed by atoms with Crippen molar-refractivity contribution in [2.24, 2.45) is 13.0 Å². The lowest BCUT2D eigenvalue weighted by Crippen LogP contribution is -2.31. The molecule has 1 aromatic heterocycles. The van der Waals surface area contributed by atoms with Crippen LogP contribution in [0.15, 0.2) is 54.7 Å². The average Bonchev–Trinajstić information content (AvgIpc) is 2.58. The molecular weight excluding hydrogens is 314 g/mol. The fraction of sp³-hybridized carbons (Fsp3) is 0.320. The maximum absolute atomic E-state index is 2.38. The normalized spacial score (nSPS) is 11.2. The lowest BCUT2D eigenvalue weighted by molar-refractivity contribution is -0.660. The first kappa shape index (κ1) is 18.4. The van der Waals surface area contributed by atoms with Crippen LogP contribution in [0.4, 0.5) is 0 Å². The Morgan fingerprint density at radius 2 is 1.46 bits per heavy atom. The molecule has 0 aliphatic heterocycles. The van der Waals surface area contributed by atoms with Gasteiger partial charge in [0.1, 0.15) is 7.05 Å². The van der Waals surface area contributed by atoms with E-state index in [1.54, 1.807) is 0 Å². The lowest BCUT2D eigenvalue weighted by Gasteiger charge is -2.14. The van der Waals surface area contributed by atoms with E-state index < -0.39 is 0 Å². The third-order valence-corrected chi connectivity index (χ3v) is 5.14. The summed E-state index contributed by atoms with van der Waals surface area (Å²) in [4.78, 5) is 0. The first-order valence-corrected chi connectivity index (χ1v) is 9.53. The summed E-state index contributed by atoms with van der Waals surface area (Å²) in [7, 11) is 2.14. The molecule has 0 saturated carbocycles. The number of hydrogen-bond acceptors (Lipinski definition) is 0. The van der Waals surface area contributed by atoms with E-state index in [1.807, 2.05) is 0 Å². The summed E-state index contributed by atoms with van der Waals surface area (Å²) >= 11 is 0. The first-order valence-electron chi connectivity index (χ1n) is 9.53. The molecule has 0 fully saturated rings. The molecule has 0 aliphatic rings. The SMILES string of the molecule is Cc1ccccc1-c1cc(-c2cc(CC(C)C)cc[n+]2C)c(C)cc1C. The van der Waals surface area contributed by atoms with E-state index in [0.29, 0.717) is 5.92 Å². The van der Waals surface area contributed by atoms with Gasteiger partial charge in [0.2, 0.25) is 5.69 Å². The quantitative estimate of drug-likeness (QED) is 0.513. The van der Waals surface area contributed by atoms with Crippen LogP contribution in [0, 0.1) is 26.7 Å². The van der Waals surface area contributed by atoms with Crippen molar-refractivity contribution >= 4 is 0 Å². The van der Waals surface area contributed by atoms with Gasteiger partial charge in [-0.1, -0.05) is 44.2 Å². The zero-order chi connectivity index (χ0) is 18.8. The number of pyridine rings is 1. The molecule has 134 valence electrons. The fourth-order valence-electron chi connectivity index (χ4n) is 3.77. The second kappa shape index (κ2) is 7.45. The van der Waals surface area contributed by atoms with E-state index >= 15 is 0 Å². The van der Waals surface area contributed by atoms with Crippen molar-refractivity contribution in [1.29, 1.82) is 0 Å². The van der Waals surface area contributed by atoms with Crippen LogP contribution >= 0.6 is 0 Å². The fourth-order valence-corrected chi connectivity index (χ4v) is 3.77. The molecule has 0 aliphatic carbocycles. The number of hydrogen-bond donors (Lipinski definition) is 0. The highest BCUT2D eigenvalue weighted by Gasteiger charge is 2.17. The molecular formula is C25H30N+. The van der Waals surface area contributed by atoms with Gasteiger partial charge >= 0.3 is 0 Å². The minimum absolute atomic E-state index is 0.664. The average molecular weight is 345 g/mol. The van der Waals surface area contributed by atoms with Crippen LogP contribution in [0.1, 0.15) is 36.1 Å². The Labute approximate surface area is 158 Å². The van der Waals surface area contributed by atoms with Gasteiger partial charge in [0.25, 0.3) is 0 Å². The monoisotopic (exact) mass is 344 g/mol. The maximum atomic E-state index is 2.38. The van der Waals surface area contributed by atoms with Gasteiger partial charge in [-0.25, -0.2) is 4.57 Å². The number of benzene rings is 2. The Balaban J connectivity index is 2.18. The molecule has 0 bridgehead atoms. The minimum atomic E-state index is 0.664. The predicted molar refractivity (Wildman–Crippen MR) is 111 cm³/mol. The topological polar surface area (TPSA) is 3.88 Å². The van der Waals surface area contributed by atoms with Crippen LogP contribution in [-0.4, -0.2) is 0 Å². The summed E-state index contributed by atoms with van der Waals surface area (Å²) < 4.78 is 2.24. The van der Waals surface area contributed by atoms with E-state index in [-0.39, 0.29) is 0 Å². The van der Waals surface area contributed by atoms with Crippen molar-refractivity contribution in [2.45, 2.75) is 41.0 Å². The number of aromatic nitrogens is 1. The van der Waals surface area contributed by atoms with Gasteiger partial charge in [0.15, 0.2) is 6.20 Å². The number of rotatable bonds is 4. The molecule has 0 amide bonds. The highest BCUT2D eigenvalue weighted by atomic mass is 14.9. The summed E-state index contributed by atoms with van der Waals surface area (Å²) in [5, 5.41) is 0. The molecule has 2 aromatic carbocycles. The Hall–Kier alpha value is -2.41. The van der Waals surface area contributed by atoms with Gasteiger partial charge in [0, 0.05) is 17.7 Å². The molecule has 26 heavy (non-hydrogen) atoms. The van der Waals surface area contributed by atoms with Crippen molar-refractivity contribution < 1.29 is 4.57 Å². The highest BCUT2D eigenvalue weighted by Crippen LogP contribution is 2.33. The molecule has 0 atom stereocenters. The van der Waals surface area contributed by atoms with Crippen molar-refractivity contribution in [3.05, 3.63) is 77.0 Å². The molecule has 0 N–H and O–H groups in total.